The van der Waals surface area contributed by atoms with Crippen molar-refractivity contribution in [3.8, 4) is 12.3 Å². The number of nitrogens with one attached hydrogen (secondary N) is 1. The zero-order valence-electron chi connectivity index (χ0n) is 38.5. The number of carbonyl (C=O) groups is 4. The zero-order chi connectivity index (χ0) is 48.3. The summed E-state index contributed by atoms with van der Waals surface area (Å²) >= 11 is 0. The molecule has 8 N–H and O–H groups in total. The van der Waals surface area contributed by atoms with Crippen LogP contribution in [0.3, 0.4) is 0 Å². The topological polar surface area (TPSA) is 334 Å². The predicted octanol–water partition coefficient (Wildman–Crippen LogP) is -4.30. The van der Waals surface area contributed by atoms with E-state index in [0.29, 0.717) is 83.3 Å². The van der Waals surface area contributed by atoms with Gasteiger partial charge in [0.2, 0.25) is 29.7 Å². The van der Waals surface area contributed by atoms with Crippen LogP contribution in [0.5, 0.6) is 0 Å². The minimum absolute atomic E-state index is 0. The van der Waals surface area contributed by atoms with Crippen molar-refractivity contribution in [3.63, 3.8) is 0 Å². The molecule has 68 heavy (non-hydrogen) atoms. The SMILES string of the molecule is C#CCOCCOCCOCCNc1nc(N2CCN(C(=O)C(CCC(=O)O)n3cc(C(N)CO)nn3)CC2)nc(N2CCN(C(=O)C(CCC(=O)O)n3cc(C(N)C(C)CC)nn3)CC2)n1.[Cl-]. The standard InChI is InChI=1S/C41H64N16O10.ClH/c1-4-19-65-21-23-67-24-22-66-20-10-44-39-45-40(54-15-11-52(12-16-54)37(63)32(6-8-34(59)60)56-25-30(48-50-56)29(42)27-58)47-41(46-39)55-17-13-53(14-18-55)38(64)33(7-9-35(61)62)57-26-31(49-51-57)36(43)28(3)5-2;/h1,25-26,28-29,32-33,36,58H,5-24,27,42-43H2,2-3H3,(H,59,60)(H,61,62)(H,44,45,46,47);1H/p-1. The van der Waals surface area contributed by atoms with Gasteiger partial charge in [0, 0.05) is 71.7 Å². The van der Waals surface area contributed by atoms with Gasteiger partial charge < -0.3 is 78.3 Å². The number of aromatic nitrogens is 9. The van der Waals surface area contributed by atoms with Crippen LogP contribution < -0.4 is 39.0 Å². The lowest BCUT2D eigenvalue weighted by Gasteiger charge is -2.38. The third-order valence-electron chi connectivity index (χ3n) is 11.5. The van der Waals surface area contributed by atoms with Gasteiger partial charge in [-0.25, -0.2) is 9.36 Å². The van der Waals surface area contributed by atoms with Crippen LogP contribution in [-0.4, -0.2) is 199 Å². The number of anilines is 3. The van der Waals surface area contributed by atoms with Crippen molar-refractivity contribution < 1.29 is 61.1 Å². The number of carbonyl (C=O) groups excluding carboxylic acids is 2. The summed E-state index contributed by atoms with van der Waals surface area (Å²) in [5.74, 6) is 0.784. The number of carboxylic acid groups (broad SMARTS) is 2. The summed E-state index contributed by atoms with van der Waals surface area (Å²) in [5.41, 5.74) is 13.1. The van der Waals surface area contributed by atoms with Crippen molar-refractivity contribution in [2.24, 2.45) is 17.4 Å². The van der Waals surface area contributed by atoms with E-state index >= 15 is 0 Å². The number of halogens is 1. The second-order valence-corrected chi connectivity index (χ2v) is 16.1. The minimum Gasteiger partial charge on any atom is -1.00 e. The highest BCUT2D eigenvalue weighted by molar-refractivity contribution is 5.82. The van der Waals surface area contributed by atoms with E-state index in [4.69, 9.17) is 47.1 Å². The van der Waals surface area contributed by atoms with E-state index in [-0.39, 0.29) is 107 Å². The molecule has 0 bridgehead atoms. The molecule has 3 aromatic heterocycles. The number of aliphatic hydroxyl groups excluding tert-OH is 1. The average Bonchev–Trinajstić information content (AvgIpc) is 4.04. The van der Waals surface area contributed by atoms with Gasteiger partial charge in [0.25, 0.3) is 0 Å². The largest absolute Gasteiger partial charge is 1.00 e. The Morgan fingerprint density at radius 2 is 1.22 bits per heavy atom. The van der Waals surface area contributed by atoms with E-state index in [2.05, 4.69) is 31.9 Å². The molecular weight excluding hydrogens is 912 g/mol. The van der Waals surface area contributed by atoms with E-state index in [1.165, 1.54) is 15.6 Å². The van der Waals surface area contributed by atoms with Gasteiger partial charge in [-0.1, -0.05) is 36.6 Å². The van der Waals surface area contributed by atoms with Gasteiger partial charge in [0.05, 0.1) is 69.8 Å². The lowest BCUT2D eigenvalue weighted by Crippen LogP contribution is -3.00. The second-order valence-electron chi connectivity index (χ2n) is 16.1. The average molecular weight is 977 g/mol. The highest BCUT2D eigenvalue weighted by atomic mass is 35.5. The summed E-state index contributed by atoms with van der Waals surface area (Å²) in [6.07, 6.45) is 8.54. The molecule has 2 saturated heterocycles. The highest BCUT2D eigenvalue weighted by Gasteiger charge is 2.34. The fourth-order valence-electron chi connectivity index (χ4n) is 7.30. The number of hydrogen-bond acceptors (Lipinski definition) is 20. The molecule has 5 rings (SSSR count). The number of terminal acetylenes is 1. The molecule has 2 amide bonds. The Morgan fingerprint density at radius 1 is 0.750 bits per heavy atom. The van der Waals surface area contributed by atoms with Crippen molar-refractivity contribution in [3.05, 3.63) is 23.8 Å². The predicted molar refractivity (Wildman–Crippen MR) is 239 cm³/mol. The maximum absolute atomic E-state index is 14.1. The molecule has 3 aromatic rings. The molecule has 0 aliphatic carbocycles. The monoisotopic (exact) mass is 975 g/mol. The highest BCUT2D eigenvalue weighted by Crippen LogP contribution is 2.26. The van der Waals surface area contributed by atoms with Crippen LogP contribution >= 0.6 is 0 Å². The summed E-state index contributed by atoms with van der Waals surface area (Å²) in [4.78, 5) is 72.6. The molecule has 5 heterocycles. The summed E-state index contributed by atoms with van der Waals surface area (Å²) in [5, 5.41) is 48.1. The van der Waals surface area contributed by atoms with Gasteiger partial charge in [-0.05, 0) is 18.8 Å². The normalized spacial score (nSPS) is 16.3. The van der Waals surface area contributed by atoms with Crippen LogP contribution in [-0.2, 0) is 33.4 Å². The Labute approximate surface area is 400 Å². The third-order valence-corrected chi connectivity index (χ3v) is 11.5. The summed E-state index contributed by atoms with van der Waals surface area (Å²) in [7, 11) is 0. The van der Waals surface area contributed by atoms with E-state index in [0.717, 1.165) is 6.42 Å². The van der Waals surface area contributed by atoms with E-state index in [9.17, 15) is 34.5 Å². The number of carboxylic acids is 2. The molecule has 0 radical (unpaired) electrons. The van der Waals surface area contributed by atoms with Crippen molar-refractivity contribution in [2.75, 3.05) is 120 Å². The Balaban J connectivity index is 0.0000101. The molecule has 2 aliphatic heterocycles. The zero-order valence-corrected chi connectivity index (χ0v) is 39.3. The van der Waals surface area contributed by atoms with Crippen molar-refractivity contribution in [2.45, 2.75) is 70.1 Å². The number of aliphatic hydroxyl groups is 1. The summed E-state index contributed by atoms with van der Waals surface area (Å²) in [6.45, 7) is 8.50. The summed E-state index contributed by atoms with van der Waals surface area (Å²) < 4.78 is 19.1. The number of hydrogen-bond donors (Lipinski definition) is 6. The molecule has 5 atom stereocenters. The lowest BCUT2D eigenvalue weighted by atomic mass is 9.98. The van der Waals surface area contributed by atoms with Crippen LogP contribution in [0.25, 0.3) is 0 Å². The molecule has 376 valence electrons. The van der Waals surface area contributed by atoms with Gasteiger partial charge in [-0.15, -0.1) is 16.6 Å². The lowest BCUT2D eigenvalue weighted by molar-refractivity contribution is -0.140. The molecule has 27 heteroatoms. The molecule has 5 unspecified atom stereocenters. The van der Waals surface area contributed by atoms with Gasteiger partial charge in [-0.3, -0.25) is 19.2 Å². The Kier molecular flexibility index (Phi) is 22.4. The van der Waals surface area contributed by atoms with Crippen molar-refractivity contribution in [1.29, 1.82) is 0 Å². The fourth-order valence-corrected chi connectivity index (χ4v) is 7.30. The Hall–Kier alpha value is -5.82. The van der Waals surface area contributed by atoms with Crippen LogP contribution in [0, 0.1) is 18.3 Å². The van der Waals surface area contributed by atoms with Gasteiger partial charge in [-0.2, -0.15) is 15.0 Å². The molecule has 2 fully saturated rings. The number of nitrogens with zero attached hydrogens (tertiary/aromatic N) is 13. The number of amides is 2. The Bertz CT molecular complexity index is 2090. The third kappa shape index (κ3) is 15.9. The first kappa shape index (κ1) is 54.8. The maximum Gasteiger partial charge on any atom is 0.303 e. The smallest absolute Gasteiger partial charge is 0.303 e. The first-order valence-corrected chi connectivity index (χ1v) is 22.5. The minimum atomic E-state index is -1.07. The van der Waals surface area contributed by atoms with Gasteiger partial charge in [0.15, 0.2) is 0 Å². The fraction of sp³-hybridized carbons (Fsp3) is 0.683. The van der Waals surface area contributed by atoms with Crippen molar-refractivity contribution in [1.82, 2.24) is 54.7 Å². The van der Waals surface area contributed by atoms with Gasteiger partial charge in [0.1, 0.15) is 24.4 Å². The number of ether oxygens (including phenoxy) is 3. The van der Waals surface area contributed by atoms with E-state index < -0.39 is 36.1 Å². The van der Waals surface area contributed by atoms with Crippen LogP contribution in [0.4, 0.5) is 17.8 Å². The molecule has 2 aliphatic rings. The first-order valence-electron chi connectivity index (χ1n) is 22.5. The second kappa shape index (κ2) is 27.9. The van der Waals surface area contributed by atoms with Crippen LogP contribution in [0.2, 0.25) is 0 Å². The molecule has 0 aromatic carbocycles. The molecule has 0 spiro atoms. The molecular formula is C41H64ClN16O10-. The van der Waals surface area contributed by atoms with Crippen LogP contribution in [0.1, 0.15) is 81.5 Å². The number of aliphatic carboxylic acids is 2. The molecule has 0 saturated carbocycles. The quantitative estimate of drug-likeness (QED) is 0.0296. The molecule has 26 nitrogen and oxygen atoms in total. The summed E-state index contributed by atoms with van der Waals surface area (Å²) in [6, 6.07) is -3.06. The van der Waals surface area contributed by atoms with Crippen molar-refractivity contribution >= 4 is 41.6 Å². The first-order chi connectivity index (χ1) is 32.3. The van der Waals surface area contributed by atoms with Gasteiger partial charge >= 0.3 is 11.9 Å². The number of rotatable bonds is 28. The van der Waals surface area contributed by atoms with E-state index in [1.54, 1.807) is 16.0 Å². The number of nitrogens with two attached hydrogens (primary N) is 2. The van der Waals surface area contributed by atoms with Crippen LogP contribution in [0.15, 0.2) is 12.4 Å². The number of piperazine rings is 2. The van der Waals surface area contributed by atoms with E-state index in [1.807, 2.05) is 23.6 Å². The Morgan fingerprint density at radius 3 is 1.69 bits per heavy atom. The maximum atomic E-state index is 14.1.